The van der Waals surface area contributed by atoms with Gasteiger partial charge in [-0.25, -0.2) is 4.98 Å². The molecule has 0 N–H and O–H groups in total. The van der Waals surface area contributed by atoms with Crippen LogP contribution in [-0.4, -0.2) is 9.38 Å². The van der Waals surface area contributed by atoms with Gasteiger partial charge in [-0.2, -0.15) is 0 Å². The topological polar surface area (TPSA) is 17.3 Å². The van der Waals surface area contributed by atoms with Crippen molar-refractivity contribution in [2.75, 3.05) is 0 Å². The highest BCUT2D eigenvalue weighted by Gasteiger charge is 2.10. The summed E-state index contributed by atoms with van der Waals surface area (Å²) in [4.78, 5) is 4.62. The van der Waals surface area contributed by atoms with Gasteiger partial charge < -0.3 is 4.40 Å². The summed E-state index contributed by atoms with van der Waals surface area (Å²) in [6.45, 7) is 6.49. The normalized spacial score (nSPS) is 11.5. The molecule has 0 aromatic carbocycles. The first-order valence-corrected chi connectivity index (χ1v) is 6.01. The fourth-order valence-electron chi connectivity index (χ4n) is 1.85. The highest BCUT2D eigenvalue weighted by molar-refractivity contribution is 9.10. The van der Waals surface area contributed by atoms with Crippen LogP contribution in [0.25, 0.3) is 5.52 Å². The van der Waals surface area contributed by atoms with Crippen molar-refractivity contribution in [2.45, 2.75) is 27.2 Å². The molecular formula is C12H15BrN2. The lowest BCUT2D eigenvalue weighted by Gasteiger charge is -2.04. The third kappa shape index (κ3) is 1.93. The molecule has 2 rings (SSSR count). The van der Waals surface area contributed by atoms with Crippen LogP contribution in [0.15, 0.2) is 22.8 Å². The minimum Gasteiger partial charge on any atom is -0.302 e. The first-order valence-electron chi connectivity index (χ1n) is 5.21. The van der Waals surface area contributed by atoms with E-state index in [1.165, 1.54) is 5.52 Å². The summed E-state index contributed by atoms with van der Waals surface area (Å²) in [6, 6.07) is 4.10. The van der Waals surface area contributed by atoms with Gasteiger partial charge in [0.05, 0.1) is 11.2 Å². The van der Waals surface area contributed by atoms with Crippen molar-refractivity contribution in [1.82, 2.24) is 9.38 Å². The van der Waals surface area contributed by atoms with Crippen LogP contribution in [0.2, 0.25) is 0 Å². The Morgan fingerprint density at radius 2 is 2.20 bits per heavy atom. The SMILES string of the molecule is Cc1nc(CC(C)C)n2cccc(Br)c12. The van der Waals surface area contributed by atoms with Crippen molar-refractivity contribution >= 4 is 21.4 Å². The number of imidazole rings is 1. The monoisotopic (exact) mass is 266 g/mol. The minimum atomic E-state index is 0.633. The maximum absolute atomic E-state index is 4.62. The van der Waals surface area contributed by atoms with E-state index in [0.29, 0.717) is 5.92 Å². The Bertz CT molecular complexity index is 486. The van der Waals surface area contributed by atoms with Gasteiger partial charge in [0, 0.05) is 17.1 Å². The van der Waals surface area contributed by atoms with Crippen LogP contribution in [0.1, 0.15) is 25.4 Å². The van der Waals surface area contributed by atoms with Crippen molar-refractivity contribution in [2.24, 2.45) is 5.92 Å². The van der Waals surface area contributed by atoms with E-state index in [0.717, 1.165) is 22.4 Å². The van der Waals surface area contributed by atoms with Crippen LogP contribution in [0.4, 0.5) is 0 Å². The average Bonchev–Trinajstić information content (AvgIpc) is 2.44. The zero-order valence-electron chi connectivity index (χ0n) is 9.29. The van der Waals surface area contributed by atoms with Crippen LogP contribution in [0, 0.1) is 12.8 Å². The number of nitrogens with zero attached hydrogens (tertiary/aromatic N) is 2. The largest absolute Gasteiger partial charge is 0.302 e. The molecule has 0 unspecified atom stereocenters. The quantitative estimate of drug-likeness (QED) is 0.812. The molecule has 0 fully saturated rings. The van der Waals surface area contributed by atoms with Crippen molar-refractivity contribution in [1.29, 1.82) is 0 Å². The predicted molar refractivity (Wildman–Crippen MR) is 66.2 cm³/mol. The van der Waals surface area contributed by atoms with Crippen LogP contribution in [0.3, 0.4) is 0 Å². The Morgan fingerprint density at radius 3 is 2.87 bits per heavy atom. The maximum atomic E-state index is 4.62. The number of fused-ring (bicyclic) bond motifs is 1. The number of hydrogen-bond acceptors (Lipinski definition) is 1. The highest BCUT2D eigenvalue weighted by atomic mass is 79.9. The molecule has 2 aromatic rings. The molecule has 80 valence electrons. The molecule has 3 heteroatoms. The molecule has 0 aliphatic carbocycles. The predicted octanol–water partition coefficient (Wildman–Crippen LogP) is 3.60. The summed E-state index contributed by atoms with van der Waals surface area (Å²) in [5, 5.41) is 0. The van der Waals surface area contributed by atoms with E-state index in [1.54, 1.807) is 0 Å². The van der Waals surface area contributed by atoms with Crippen molar-refractivity contribution in [3.63, 3.8) is 0 Å². The maximum Gasteiger partial charge on any atom is 0.113 e. The Hall–Kier alpha value is -0.830. The Morgan fingerprint density at radius 1 is 1.47 bits per heavy atom. The summed E-state index contributed by atoms with van der Waals surface area (Å²) in [5.74, 6) is 1.78. The number of hydrogen-bond donors (Lipinski definition) is 0. The summed E-state index contributed by atoms with van der Waals surface area (Å²) in [5.41, 5.74) is 2.28. The van der Waals surface area contributed by atoms with E-state index >= 15 is 0 Å². The lowest BCUT2D eigenvalue weighted by molar-refractivity contribution is 0.618. The van der Waals surface area contributed by atoms with Gasteiger partial charge >= 0.3 is 0 Å². The summed E-state index contributed by atoms with van der Waals surface area (Å²) in [7, 11) is 0. The Kier molecular flexibility index (Phi) is 2.83. The van der Waals surface area contributed by atoms with Gasteiger partial charge in [-0.3, -0.25) is 0 Å². The van der Waals surface area contributed by atoms with E-state index < -0.39 is 0 Å². The molecule has 2 heterocycles. The molecule has 0 bridgehead atoms. The van der Waals surface area contributed by atoms with Crippen LogP contribution >= 0.6 is 15.9 Å². The highest BCUT2D eigenvalue weighted by Crippen LogP contribution is 2.23. The van der Waals surface area contributed by atoms with Crippen molar-refractivity contribution in [3.8, 4) is 0 Å². The summed E-state index contributed by atoms with van der Waals surface area (Å²) < 4.78 is 3.30. The molecular weight excluding hydrogens is 252 g/mol. The molecule has 0 amide bonds. The van der Waals surface area contributed by atoms with Gasteiger partial charge in [0.2, 0.25) is 0 Å². The van der Waals surface area contributed by atoms with Gasteiger partial charge in [-0.15, -0.1) is 0 Å². The number of pyridine rings is 1. The van der Waals surface area contributed by atoms with Gasteiger partial charge in [0.25, 0.3) is 0 Å². The molecule has 0 radical (unpaired) electrons. The van der Waals surface area contributed by atoms with Crippen molar-refractivity contribution < 1.29 is 0 Å². The fourth-order valence-corrected chi connectivity index (χ4v) is 2.48. The average molecular weight is 267 g/mol. The van der Waals surface area contributed by atoms with E-state index in [4.69, 9.17) is 0 Å². The standard InChI is InChI=1S/C12H15BrN2/c1-8(2)7-11-14-9(3)12-10(13)5-4-6-15(11)12/h4-6,8H,7H2,1-3H3. The van der Waals surface area contributed by atoms with Gasteiger partial charge in [0.15, 0.2) is 0 Å². The fraction of sp³-hybridized carbons (Fsp3) is 0.417. The van der Waals surface area contributed by atoms with E-state index in [2.05, 4.69) is 58.3 Å². The lowest BCUT2D eigenvalue weighted by atomic mass is 10.1. The van der Waals surface area contributed by atoms with Crippen LogP contribution in [-0.2, 0) is 6.42 Å². The first-order chi connectivity index (χ1) is 7.09. The Labute approximate surface area is 98.5 Å². The van der Waals surface area contributed by atoms with Gasteiger partial charge in [0.1, 0.15) is 5.82 Å². The third-order valence-electron chi connectivity index (χ3n) is 2.45. The van der Waals surface area contributed by atoms with Crippen LogP contribution in [0.5, 0.6) is 0 Å². The Balaban J connectivity index is 2.63. The number of aromatic nitrogens is 2. The number of rotatable bonds is 2. The number of aryl methyl sites for hydroxylation is 1. The summed E-state index contributed by atoms with van der Waals surface area (Å²) in [6.07, 6.45) is 3.10. The van der Waals surface area contributed by atoms with E-state index in [-0.39, 0.29) is 0 Å². The molecule has 0 spiro atoms. The molecule has 0 saturated carbocycles. The van der Waals surface area contributed by atoms with Crippen LogP contribution < -0.4 is 0 Å². The van der Waals surface area contributed by atoms with E-state index in [9.17, 15) is 0 Å². The third-order valence-corrected chi connectivity index (χ3v) is 3.09. The number of halogens is 1. The molecule has 0 aliphatic heterocycles. The second-order valence-electron chi connectivity index (χ2n) is 4.29. The second-order valence-corrected chi connectivity index (χ2v) is 5.14. The molecule has 0 aliphatic rings. The molecule has 2 aromatic heterocycles. The molecule has 0 atom stereocenters. The zero-order valence-corrected chi connectivity index (χ0v) is 10.9. The smallest absolute Gasteiger partial charge is 0.113 e. The first kappa shape index (κ1) is 10.7. The van der Waals surface area contributed by atoms with Gasteiger partial charge in [-0.1, -0.05) is 13.8 Å². The zero-order chi connectivity index (χ0) is 11.0. The molecule has 2 nitrogen and oxygen atoms in total. The minimum absolute atomic E-state index is 0.633. The summed E-state index contributed by atoms with van der Waals surface area (Å²) >= 11 is 3.57. The van der Waals surface area contributed by atoms with E-state index in [1.807, 2.05) is 6.07 Å². The van der Waals surface area contributed by atoms with Gasteiger partial charge in [-0.05, 0) is 40.9 Å². The lowest BCUT2D eigenvalue weighted by Crippen LogP contribution is -2.00. The molecule has 0 saturated heterocycles. The second kappa shape index (κ2) is 3.97. The van der Waals surface area contributed by atoms with Crippen molar-refractivity contribution in [3.05, 3.63) is 34.3 Å². The molecule has 15 heavy (non-hydrogen) atoms.